The molecule has 1 amide bonds. The van der Waals surface area contributed by atoms with Crippen molar-refractivity contribution < 1.29 is 14.7 Å². The molecule has 106 valence electrons. The van der Waals surface area contributed by atoms with E-state index in [0.29, 0.717) is 12.8 Å². The number of carbonyl (C=O) groups excluding carboxylic acids is 1. The van der Waals surface area contributed by atoms with Gasteiger partial charge in [-0.3, -0.25) is 9.59 Å². The van der Waals surface area contributed by atoms with E-state index in [0.717, 1.165) is 27.1 Å². The van der Waals surface area contributed by atoms with Crippen LogP contribution in [-0.4, -0.2) is 23.0 Å². The Morgan fingerprint density at radius 3 is 2.60 bits per heavy atom. The molecule has 0 unspecified atom stereocenters. The molecule has 0 bridgehead atoms. The standard InChI is InChI=1S/C14H15NO3S2/c16-13(12-7-11-10(20-12)5-6-19-11)15-9-3-1-8(2-4-9)14(17)18/h5-9H,1-4H2,(H,15,16)(H,17,18). The molecule has 1 fully saturated rings. The van der Waals surface area contributed by atoms with E-state index in [4.69, 9.17) is 5.11 Å². The molecular formula is C14H15NO3S2. The van der Waals surface area contributed by atoms with Crippen molar-refractivity contribution >= 4 is 43.9 Å². The molecule has 1 aliphatic rings. The van der Waals surface area contributed by atoms with E-state index in [1.807, 2.05) is 17.5 Å². The summed E-state index contributed by atoms with van der Waals surface area (Å²) in [7, 11) is 0. The van der Waals surface area contributed by atoms with Gasteiger partial charge in [-0.05, 0) is 43.2 Å². The lowest BCUT2D eigenvalue weighted by Crippen LogP contribution is -2.38. The van der Waals surface area contributed by atoms with Crippen LogP contribution in [0.15, 0.2) is 17.5 Å². The summed E-state index contributed by atoms with van der Waals surface area (Å²) in [6.07, 6.45) is 2.81. The Bertz CT molecular complexity index is 609. The van der Waals surface area contributed by atoms with E-state index in [1.165, 1.54) is 11.3 Å². The number of carboxylic acid groups (broad SMARTS) is 1. The van der Waals surface area contributed by atoms with Crippen LogP contribution in [0.2, 0.25) is 0 Å². The predicted molar refractivity (Wildman–Crippen MR) is 80.6 cm³/mol. The number of nitrogens with one attached hydrogen (secondary N) is 1. The number of fused-ring (bicyclic) bond motifs is 1. The van der Waals surface area contributed by atoms with Crippen molar-refractivity contribution in [3.8, 4) is 0 Å². The molecule has 0 radical (unpaired) electrons. The summed E-state index contributed by atoms with van der Waals surface area (Å²) in [4.78, 5) is 23.8. The van der Waals surface area contributed by atoms with Gasteiger partial charge in [0.2, 0.25) is 0 Å². The molecule has 2 aromatic heterocycles. The lowest BCUT2D eigenvalue weighted by atomic mass is 9.86. The highest BCUT2D eigenvalue weighted by atomic mass is 32.1. The lowest BCUT2D eigenvalue weighted by molar-refractivity contribution is -0.142. The molecule has 0 atom stereocenters. The molecule has 1 aliphatic carbocycles. The second-order valence-electron chi connectivity index (χ2n) is 5.12. The Labute approximate surface area is 124 Å². The van der Waals surface area contributed by atoms with Crippen molar-refractivity contribution in [3.05, 3.63) is 22.4 Å². The van der Waals surface area contributed by atoms with Crippen molar-refractivity contribution in [2.75, 3.05) is 0 Å². The van der Waals surface area contributed by atoms with Crippen LogP contribution in [0.5, 0.6) is 0 Å². The number of amides is 1. The van der Waals surface area contributed by atoms with Crippen LogP contribution in [-0.2, 0) is 4.79 Å². The minimum Gasteiger partial charge on any atom is -0.481 e. The van der Waals surface area contributed by atoms with Gasteiger partial charge >= 0.3 is 5.97 Å². The van der Waals surface area contributed by atoms with Gasteiger partial charge in [0.15, 0.2) is 0 Å². The number of hydrogen-bond donors (Lipinski definition) is 2. The van der Waals surface area contributed by atoms with Gasteiger partial charge in [-0.25, -0.2) is 0 Å². The normalized spacial score (nSPS) is 22.8. The lowest BCUT2D eigenvalue weighted by Gasteiger charge is -2.26. The molecule has 0 spiro atoms. The fraction of sp³-hybridized carbons (Fsp3) is 0.429. The topological polar surface area (TPSA) is 66.4 Å². The van der Waals surface area contributed by atoms with Crippen LogP contribution >= 0.6 is 22.7 Å². The van der Waals surface area contributed by atoms with Crippen LogP contribution in [0, 0.1) is 5.92 Å². The largest absolute Gasteiger partial charge is 0.481 e. The minimum atomic E-state index is -0.715. The Morgan fingerprint density at radius 2 is 1.95 bits per heavy atom. The Morgan fingerprint density at radius 1 is 1.20 bits per heavy atom. The summed E-state index contributed by atoms with van der Waals surface area (Å²) >= 11 is 3.15. The van der Waals surface area contributed by atoms with Crippen LogP contribution in [0.4, 0.5) is 0 Å². The molecule has 0 aliphatic heterocycles. The average Bonchev–Trinajstić information content (AvgIpc) is 2.99. The third-order valence-corrected chi connectivity index (χ3v) is 5.87. The molecule has 0 aromatic carbocycles. The number of rotatable bonds is 3. The van der Waals surface area contributed by atoms with Crippen molar-refractivity contribution in [1.82, 2.24) is 5.32 Å². The molecule has 2 heterocycles. The van der Waals surface area contributed by atoms with Gasteiger partial charge < -0.3 is 10.4 Å². The summed E-state index contributed by atoms with van der Waals surface area (Å²) in [5, 5.41) is 14.0. The zero-order valence-corrected chi connectivity index (χ0v) is 12.4. The summed E-state index contributed by atoms with van der Waals surface area (Å²) in [5.74, 6) is -0.985. The highest BCUT2D eigenvalue weighted by molar-refractivity contribution is 7.27. The number of thiophene rings is 2. The molecule has 2 aromatic rings. The quantitative estimate of drug-likeness (QED) is 0.914. The molecule has 4 nitrogen and oxygen atoms in total. The van der Waals surface area contributed by atoms with E-state index in [9.17, 15) is 9.59 Å². The molecule has 1 saturated carbocycles. The molecular weight excluding hydrogens is 294 g/mol. The molecule has 6 heteroatoms. The number of carboxylic acids is 1. The van der Waals surface area contributed by atoms with Crippen molar-refractivity contribution in [1.29, 1.82) is 0 Å². The van der Waals surface area contributed by atoms with E-state index in [-0.39, 0.29) is 17.9 Å². The summed E-state index contributed by atoms with van der Waals surface area (Å²) in [6.45, 7) is 0. The average molecular weight is 309 g/mol. The molecule has 20 heavy (non-hydrogen) atoms. The first-order valence-electron chi connectivity index (χ1n) is 6.64. The second-order valence-corrected chi connectivity index (χ2v) is 7.15. The zero-order valence-electron chi connectivity index (χ0n) is 10.8. The van der Waals surface area contributed by atoms with Gasteiger partial charge in [-0.2, -0.15) is 0 Å². The van der Waals surface area contributed by atoms with Gasteiger partial charge in [0.1, 0.15) is 0 Å². The van der Waals surface area contributed by atoms with Gasteiger partial charge in [0, 0.05) is 15.4 Å². The van der Waals surface area contributed by atoms with Crippen molar-refractivity contribution in [3.63, 3.8) is 0 Å². The Kier molecular flexibility index (Phi) is 3.76. The van der Waals surface area contributed by atoms with Gasteiger partial charge in [0.05, 0.1) is 10.8 Å². The predicted octanol–water partition coefficient (Wildman–Crippen LogP) is 3.34. The molecule has 2 N–H and O–H groups in total. The Balaban J connectivity index is 1.59. The van der Waals surface area contributed by atoms with Gasteiger partial charge in [-0.15, -0.1) is 22.7 Å². The Hall–Kier alpha value is -1.40. The molecule has 3 rings (SSSR count). The van der Waals surface area contributed by atoms with Gasteiger partial charge in [-0.1, -0.05) is 0 Å². The SMILES string of the molecule is O=C(NC1CCC(C(=O)O)CC1)c1cc2sccc2s1. The van der Waals surface area contributed by atoms with Crippen LogP contribution in [0.3, 0.4) is 0 Å². The highest BCUT2D eigenvalue weighted by Crippen LogP contribution is 2.30. The summed E-state index contributed by atoms with van der Waals surface area (Å²) < 4.78 is 2.30. The third kappa shape index (κ3) is 2.71. The van der Waals surface area contributed by atoms with Crippen molar-refractivity contribution in [2.24, 2.45) is 5.92 Å². The van der Waals surface area contributed by atoms with E-state index in [1.54, 1.807) is 11.3 Å². The first-order valence-corrected chi connectivity index (χ1v) is 8.34. The maximum absolute atomic E-state index is 12.2. The number of aliphatic carboxylic acids is 1. The van der Waals surface area contributed by atoms with Crippen molar-refractivity contribution in [2.45, 2.75) is 31.7 Å². The van der Waals surface area contributed by atoms with E-state index < -0.39 is 5.97 Å². The fourth-order valence-corrected chi connectivity index (χ4v) is 4.63. The number of carbonyl (C=O) groups is 2. The monoisotopic (exact) mass is 309 g/mol. The zero-order chi connectivity index (χ0) is 14.1. The smallest absolute Gasteiger partial charge is 0.306 e. The maximum Gasteiger partial charge on any atom is 0.306 e. The minimum absolute atomic E-state index is 0.0304. The summed E-state index contributed by atoms with van der Waals surface area (Å²) in [5.41, 5.74) is 0. The van der Waals surface area contributed by atoms with E-state index in [2.05, 4.69) is 5.32 Å². The van der Waals surface area contributed by atoms with Crippen LogP contribution in [0.25, 0.3) is 9.40 Å². The first kappa shape index (κ1) is 13.6. The van der Waals surface area contributed by atoms with Crippen LogP contribution in [0.1, 0.15) is 35.4 Å². The van der Waals surface area contributed by atoms with Crippen LogP contribution < -0.4 is 5.32 Å². The fourth-order valence-electron chi connectivity index (χ4n) is 2.62. The second kappa shape index (κ2) is 5.54. The van der Waals surface area contributed by atoms with E-state index >= 15 is 0 Å². The summed E-state index contributed by atoms with van der Waals surface area (Å²) in [6, 6.07) is 4.07. The number of hydrogen-bond acceptors (Lipinski definition) is 4. The van der Waals surface area contributed by atoms with Gasteiger partial charge in [0.25, 0.3) is 5.91 Å². The maximum atomic E-state index is 12.2. The first-order chi connectivity index (χ1) is 9.63. The molecule has 0 saturated heterocycles. The third-order valence-electron chi connectivity index (χ3n) is 3.77. The highest BCUT2D eigenvalue weighted by Gasteiger charge is 2.27.